The summed E-state index contributed by atoms with van der Waals surface area (Å²) >= 11 is 0. The number of benzene rings is 1. The van der Waals surface area contributed by atoms with Crippen LogP contribution in [0.15, 0.2) is 30.3 Å². The maximum absolute atomic E-state index is 3.60. The standard InChI is InChI=1S/C14H21N/c1-12(11-14-7-8-14)15-10-9-13-5-3-2-4-6-13/h2-6,12,14-15H,7-11H2,1H3. The Labute approximate surface area is 92.9 Å². The highest BCUT2D eigenvalue weighted by molar-refractivity contribution is 5.14. The molecule has 82 valence electrons. The molecule has 1 aliphatic carbocycles. The highest BCUT2D eigenvalue weighted by Gasteiger charge is 2.22. The number of hydrogen-bond donors (Lipinski definition) is 1. The van der Waals surface area contributed by atoms with E-state index in [0.717, 1.165) is 18.9 Å². The van der Waals surface area contributed by atoms with Crippen LogP contribution in [0.2, 0.25) is 0 Å². The van der Waals surface area contributed by atoms with Crippen LogP contribution in [0.1, 0.15) is 31.7 Å². The molecule has 1 unspecified atom stereocenters. The van der Waals surface area contributed by atoms with E-state index < -0.39 is 0 Å². The molecule has 1 nitrogen and oxygen atoms in total. The van der Waals surface area contributed by atoms with Crippen LogP contribution in [0.4, 0.5) is 0 Å². The largest absolute Gasteiger partial charge is 0.314 e. The van der Waals surface area contributed by atoms with Crippen LogP contribution in [0.5, 0.6) is 0 Å². The predicted octanol–water partition coefficient (Wildman–Crippen LogP) is 3.01. The van der Waals surface area contributed by atoms with Crippen molar-refractivity contribution in [2.24, 2.45) is 5.92 Å². The van der Waals surface area contributed by atoms with Crippen LogP contribution < -0.4 is 5.32 Å². The monoisotopic (exact) mass is 203 g/mol. The van der Waals surface area contributed by atoms with Gasteiger partial charge in [0.25, 0.3) is 0 Å². The Kier molecular flexibility index (Phi) is 3.79. The van der Waals surface area contributed by atoms with Crippen LogP contribution >= 0.6 is 0 Å². The van der Waals surface area contributed by atoms with Gasteiger partial charge in [0.05, 0.1) is 0 Å². The minimum Gasteiger partial charge on any atom is -0.314 e. The predicted molar refractivity (Wildman–Crippen MR) is 65.0 cm³/mol. The van der Waals surface area contributed by atoms with Gasteiger partial charge >= 0.3 is 0 Å². The molecule has 1 aromatic carbocycles. The molecule has 0 aliphatic heterocycles. The molecule has 1 aromatic rings. The van der Waals surface area contributed by atoms with Gasteiger partial charge in [0.1, 0.15) is 0 Å². The van der Waals surface area contributed by atoms with E-state index >= 15 is 0 Å². The van der Waals surface area contributed by atoms with Gasteiger partial charge < -0.3 is 5.32 Å². The average molecular weight is 203 g/mol. The first-order valence-corrected chi connectivity index (χ1v) is 6.12. The van der Waals surface area contributed by atoms with Crippen molar-refractivity contribution in [3.63, 3.8) is 0 Å². The van der Waals surface area contributed by atoms with E-state index in [2.05, 4.69) is 42.6 Å². The lowest BCUT2D eigenvalue weighted by molar-refractivity contribution is 0.491. The zero-order valence-corrected chi connectivity index (χ0v) is 9.58. The molecule has 1 heteroatoms. The summed E-state index contributed by atoms with van der Waals surface area (Å²) in [5.74, 6) is 1.03. The lowest BCUT2D eigenvalue weighted by Gasteiger charge is -2.12. The van der Waals surface area contributed by atoms with E-state index in [1.807, 2.05) is 0 Å². The summed E-state index contributed by atoms with van der Waals surface area (Å²) < 4.78 is 0. The van der Waals surface area contributed by atoms with Crippen LogP contribution in [0, 0.1) is 5.92 Å². The summed E-state index contributed by atoms with van der Waals surface area (Å²) in [7, 11) is 0. The first-order valence-electron chi connectivity index (χ1n) is 6.12. The van der Waals surface area contributed by atoms with Gasteiger partial charge in [0.15, 0.2) is 0 Å². The molecule has 0 heterocycles. The van der Waals surface area contributed by atoms with E-state index in [4.69, 9.17) is 0 Å². The van der Waals surface area contributed by atoms with E-state index in [9.17, 15) is 0 Å². The zero-order chi connectivity index (χ0) is 10.5. The van der Waals surface area contributed by atoms with Crippen LogP contribution in [-0.4, -0.2) is 12.6 Å². The van der Waals surface area contributed by atoms with Crippen LogP contribution in [0.3, 0.4) is 0 Å². The summed E-state index contributed by atoms with van der Waals surface area (Å²) in [6, 6.07) is 11.4. The summed E-state index contributed by atoms with van der Waals surface area (Å²) in [5, 5.41) is 3.60. The quantitative estimate of drug-likeness (QED) is 0.749. The van der Waals surface area contributed by atoms with E-state index in [-0.39, 0.29) is 0 Å². The van der Waals surface area contributed by atoms with E-state index in [1.54, 1.807) is 0 Å². The van der Waals surface area contributed by atoms with Crippen molar-refractivity contribution in [2.45, 2.75) is 38.6 Å². The van der Waals surface area contributed by atoms with Gasteiger partial charge in [-0.3, -0.25) is 0 Å². The van der Waals surface area contributed by atoms with Gasteiger partial charge in [0.2, 0.25) is 0 Å². The molecule has 0 aromatic heterocycles. The van der Waals surface area contributed by atoms with Gasteiger partial charge in [-0.25, -0.2) is 0 Å². The molecular weight excluding hydrogens is 182 g/mol. The molecule has 1 aliphatic rings. The SMILES string of the molecule is CC(CC1CC1)NCCc1ccccc1. The molecular formula is C14H21N. The zero-order valence-electron chi connectivity index (χ0n) is 9.58. The highest BCUT2D eigenvalue weighted by Crippen LogP contribution is 2.33. The number of rotatable bonds is 6. The fourth-order valence-corrected chi connectivity index (χ4v) is 2.04. The molecule has 0 radical (unpaired) electrons. The summed E-state index contributed by atoms with van der Waals surface area (Å²) in [5.41, 5.74) is 1.43. The van der Waals surface area contributed by atoms with Crippen molar-refractivity contribution in [3.8, 4) is 0 Å². The Morgan fingerprint density at radius 2 is 2.00 bits per heavy atom. The molecule has 1 N–H and O–H groups in total. The van der Waals surface area contributed by atoms with Gasteiger partial charge in [-0.15, -0.1) is 0 Å². The van der Waals surface area contributed by atoms with E-state index in [1.165, 1.54) is 24.8 Å². The minimum absolute atomic E-state index is 0.696. The molecule has 1 fully saturated rings. The lowest BCUT2D eigenvalue weighted by Crippen LogP contribution is -2.28. The molecule has 0 bridgehead atoms. The van der Waals surface area contributed by atoms with Crippen LogP contribution in [-0.2, 0) is 6.42 Å². The summed E-state index contributed by atoms with van der Waals surface area (Å²) in [4.78, 5) is 0. The Balaban J connectivity index is 1.61. The van der Waals surface area contributed by atoms with Gasteiger partial charge in [-0.1, -0.05) is 43.2 Å². The van der Waals surface area contributed by atoms with Crippen molar-refractivity contribution in [3.05, 3.63) is 35.9 Å². The smallest absolute Gasteiger partial charge is 0.00414 e. The fourth-order valence-electron chi connectivity index (χ4n) is 2.04. The van der Waals surface area contributed by atoms with Crippen molar-refractivity contribution < 1.29 is 0 Å². The molecule has 0 amide bonds. The lowest BCUT2D eigenvalue weighted by atomic mass is 10.1. The third-order valence-corrected chi connectivity index (χ3v) is 3.13. The second-order valence-electron chi connectivity index (χ2n) is 4.77. The molecule has 0 spiro atoms. The van der Waals surface area contributed by atoms with Gasteiger partial charge in [-0.2, -0.15) is 0 Å². The number of hydrogen-bond acceptors (Lipinski definition) is 1. The van der Waals surface area contributed by atoms with Crippen molar-refractivity contribution in [1.82, 2.24) is 5.32 Å². The number of nitrogens with one attached hydrogen (secondary N) is 1. The Hall–Kier alpha value is -0.820. The molecule has 0 saturated heterocycles. The first-order chi connectivity index (χ1) is 7.34. The third-order valence-electron chi connectivity index (χ3n) is 3.13. The first kappa shape index (κ1) is 10.7. The van der Waals surface area contributed by atoms with Crippen LogP contribution in [0.25, 0.3) is 0 Å². The third kappa shape index (κ3) is 4.05. The Bertz CT molecular complexity index is 277. The Morgan fingerprint density at radius 1 is 1.27 bits per heavy atom. The van der Waals surface area contributed by atoms with Crippen molar-refractivity contribution in [2.75, 3.05) is 6.54 Å². The average Bonchev–Trinajstić information content (AvgIpc) is 3.03. The van der Waals surface area contributed by atoms with Gasteiger partial charge in [0, 0.05) is 6.04 Å². The van der Waals surface area contributed by atoms with Gasteiger partial charge in [-0.05, 0) is 37.8 Å². The van der Waals surface area contributed by atoms with Crippen molar-refractivity contribution >= 4 is 0 Å². The van der Waals surface area contributed by atoms with Crippen molar-refractivity contribution in [1.29, 1.82) is 0 Å². The van der Waals surface area contributed by atoms with E-state index in [0.29, 0.717) is 6.04 Å². The molecule has 15 heavy (non-hydrogen) atoms. The molecule has 1 atom stereocenters. The maximum atomic E-state index is 3.60. The molecule has 1 saturated carbocycles. The summed E-state index contributed by atoms with van der Waals surface area (Å²) in [6.07, 6.45) is 5.44. The minimum atomic E-state index is 0.696. The highest BCUT2D eigenvalue weighted by atomic mass is 14.9. The topological polar surface area (TPSA) is 12.0 Å². The fraction of sp³-hybridized carbons (Fsp3) is 0.571. The second-order valence-corrected chi connectivity index (χ2v) is 4.77. The summed E-state index contributed by atoms with van der Waals surface area (Å²) in [6.45, 7) is 3.42. The Morgan fingerprint density at radius 3 is 2.67 bits per heavy atom. The molecule has 2 rings (SSSR count). The normalized spacial score (nSPS) is 17.7. The maximum Gasteiger partial charge on any atom is 0.00414 e. The second kappa shape index (κ2) is 5.32.